The SMILES string of the molecule is Cc1cc(C(C)C)nc(C2CCCN2)n1. The zero-order valence-corrected chi connectivity index (χ0v) is 9.75. The Hall–Kier alpha value is -0.960. The van der Waals surface area contributed by atoms with E-state index < -0.39 is 0 Å². The molecule has 1 aliphatic rings. The molecule has 82 valence electrons. The zero-order chi connectivity index (χ0) is 10.8. The van der Waals surface area contributed by atoms with Gasteiger partial charge in [0.15, 0.2) is 0 Å². The Labute approximate surface area is 91.3 Å². The third-order valence-electron chi connectivity index (χ3n) is 2.85. The lowest BCUT2D eigenvalue weighted by Crippen LogP contribution is -2.17. The van der Waals surface area contributed by atoms with E-state index in [9.17, 15) is 0 Å². The molecule has 1 atom stereocenters. The summed E-state index contributed by atoms with van der Waals surface area (Å²) in [6, 6.07) is 2.46. The van der Waals surface area contributed by atoms with Gasteiger partial charge < -0.3 is 5.32 Å². The third kappa shape index (κ3) is 2.34. The minimum atomic E-state index is 0.377. The van der Waals surface area contributed by atoms with Crippen molar-refractivity contribution in [1.29, 1.82) is 0 Å². The molecule has 1 aromatic heterocycles. The summed E-state index contributed by atoms with van der Waals surface area (Å²) in [7, 11) is 0. The summed E-state index contributed by atoms with van der Waals surface area (Å²) in [5.74, 6) is 1.46. The van der Waals surface area contributed by atoms with Crippen LogP contribution < -0.4 is 5.32 Å². The van der Waals surface area contributed by atoms with Gasteiger partial charge >= 0.3 is 0 Å². The number of hydrogen-bond donors (Lipinski definition) is 1. The molecule has 0 saturated carbocycles. The molecule has 0 aromatic carbocycles. The molecular formula is C12H19N3. The van der Waals surface area contributed by atoms with E-state index in [1.54, 1.807) is 0 Å². The standard InChI is InChI=1S/C12H19N3/c1-8(2)11-7-9(3)14-12(15-11)10-5-4-6-13-10/h7-8,10,13H,4-6H2,1-3H3. The van der Waals surface area contributed by atoms with Crippen molar-refractivity contribution in [1.82, 2.24) is 15.3 Å². The molecule has 3 heteroatoms. The molecule has 1 fully saturated rings. The van der Waals surface area contributed by atoms with Gasteiger partial charge in [0.05, 0.1) is 6.04 Å². The summed E-state index contributed by atoms with van der Waals surface area (Å²) in [5, 5.41) is 3.44. The Kier molecular flexibility index (Phi) is 3.00. The highest BCUT2D eigenvalue weighted by Crippen LogP contribution is 2.22. The van der Waals surface area contributed by atoms with E-state index in [2.05, 4.69) is 35.2 Å². The Morgan fingerprint density at radius 1 is 1.40 bits per heavy atom. The smallest absolute Gasteiger partial charge is 0.145 e. The van der Waals surface area contributed by atoms with Crippen molar-refractivity contribution >= 4 is 0 Å². The van der Waals surface area contributed by atoms with Crippen LogP contribution in [0.2, 0.25) is 0 Å². The van der Waals surface area contributed by atoms with E-state index in [0.29, 0.717) is 12.0 Å². The Morgan fingerprint density at radius 3 is 2.80 bits per heavy atom. The van der Waals surface area contributed by atoms with Crippen molar-refractivity contribution in [3.63, 3.8) is 0 Å². The Bertz CT molecular complexity index is 341. The van der Waals surface area contributed by atoms with Gasteiger partial charge in [0.2, 0.25) is 0 Å². The van der Waals surface area contributed by atoms with Gasteiger partial charge in [0, 0.05) is 11.4 Å². The molecule has 0 aliphatic carbocycles. The van der Waals surface area contributed by atoms with Crippen LogP contribution in [0, 0.1) is 6.92 Å². The average molecular weight is 205 g/mol. The fourth-order valence-corrected chi connectivity index (χ4v) is 1.97. The largest absolute Gasteiger partial charge is 0.307 e. The number of aromatic nitrogens is 2. The van der Waals surface area contributed by atoms with Crippen LogP contribution in [0.25, 0.3) is 0 Å². The Balaban J connectivity index is 2.30. The molecule has 0 amide bonds. The first-order valence-corrected chi connectivity index (χ1v) is 5.75. The minimum Gasteiger partial charge on any atom is -0.307 e. The third-order valence-corrected chi connectivity index (χ3v) is 2.85. The molecule has 1 N–H and O–H groups in total. The van der Waals surface area contributed by atoms with Crippen LogP contribution in [0.5, 0.6) is 0 Å². The van der Waals surface area contributed by atoms with E-state index in [-0.39, 0.29) is 0 Å². The second-order valence-corrected chi connectivity index (χ2v) is 4.60. The molecule has 0 bridgehead atoms. The predicted octanol–water partition coefficient (Wildman–Crippen LogP) is 2.33. The molecule has 1 aliphatic heterocycles. The lowest BCUT2D eigenvalue weighted by molar-refractivity contribution is 0.593. The minimum absolute atomic E-state index is 0.377. The van der Waals surface area contributed by atoms with Crippen LogP contribution in [0.1, 0.15) is 55.9 Å². The lowest BCUT2D eigenvalue weighted by Gasteiger charge is -2.12. The number of nitrogens with zero attached hydrogens (tertiary/aromatic N) is 2. The fraction of sp³-hybridized carbons (Fsp3) is 0.667. The van der Waals surface area contributed by atoms with Gasteiger partial charge in [-0.15, -0.1) is 0 Å². The first-order chi connectivity index (χ1) is 7.16. The summed E-state index contributed by atoms with van der Waals surface area (Å²) < 4.78 is 0. The van der Waals surface area contributed by atoms with Crippen LogP contribution >= 0.6 is 0 Å². The van der Waals surface area contributed by atoms with Gasteiger partial charge in [-0.1, -0.05) is 13.8 Å². The Morgan fingerprint density at radius 2 is 2.20 bits per heavy atom. The molecule has 1 aromatic rings. The maximum atomic E-state index is 4.64. The quantitative estimate of drug-likeness (QED) is 0.805. The fourth-order valence-electron chi connectivity index (χ4n) is 1.97. The van der Waals surface area contributed by atoms with Crippen LogP contribution in [0.15, 0.2) is 6.07 Å². The van der Waals surface area contributed by atoms with Crippen molar-refractivity contribution in [2.45, 2.75) is 45.6 Å². The van der Waals surface area contributed by atoms with E-state index in [1.165, 1.54) is 12.8 Å². The molecule has 15 heavy (non-hydrogen) atoms. The first-order valence-electron chi connectivity index (χ1n) is 5.75. The molecule has 2 rings (SSSR count). The van der Waals surface area contributed by atoms with Gasteiger partial charge in [-0.25, -0.2) is 9.97 Å². The van der Waals surface area contributed by atoms with Crippen molar-refractivity contribution < 1.29 is 0 Å². The maximum Gasteiger partial charge on any atom is 0.145 e. The molecule has 0 radical (unpaired) electrons. The van der Waals surface area contributed by atoms with E-state index >= 15 is 0 Å². The van der Waals surface area contributed by atoms with Gasteiger partial charge in [0.25, 0.3) is 0 Å². The molecular weight excluding hydrogens is 186 g/mol. The van der Waals surface area contributed by atoms with Crippen molar-refractivity contribution in [2.75, 3.05) is 6.54 Å². The lowest BCUT2D eigenvalue weighted by atomic mass is 10.1. The second-order valence-electron chi connectivity index (χ2n) is 4.60. The number of nitrogens with one attached hydrogen (secondary N) is 1. The van der Waals surface area contributed by atoms with E-state index in [0.717, 1.165) is 23.8 Å². The summed E-state index contributed by atoms with van der Waals surface area (Å²) in [4.78, 5) is 9.17. The average Bonchev–Trinajstić information content (AvgIpc) is 2.69. The molecule has 2 heterocycles. The van der Waals surface area contributed by atoms with Crippen molar-refractivity contribution in [3.05, 3.63) is 23.3 Å². The van der Waals surface area contributed by atoms with Crippen LogP contribution in [0.4, 0.5) is 0 Å². The highest BCUT2D eigenvalue weighted by atomic mass is 15.0. The number of hydrogen-bond acceptors (Lipinski definition) is 3. The van der Waals surface area contributed by atoms with Crippen molar-refractivity contribution in [2.24, 2.45) is 0 Å². The highest BCUT2D eigenvalue weighted by Gasteiger charge is 2.19. The van der Waals surface area contributed by atoms with Crippen LogP contribution in [-0.4, -0.2) is 16.5 Å². The van der Waals surface area contributed by atoms with Gasteiger partial charge in [-0.2, -0.15) is 0 Å². The predicted molar refractivity (Wildman–Crippen MR) is 60.8 cm³/mol. The summed E-state index contributed by atoms with van der Waals surface area (Å²) in [5.41, 5.74) is 2.24. The van der Waals surface area contributed by atoms with Crippen LogP contribution in [-0.2, 0) is 0 Å². The second kappa shape index (κ2) is 4.27. The summed E-state index contributed by atoms with van der Waals surface area (Å²) in [6.07, 6.45) is 2.40. The first kappa shape index (κ1) is 10.6. The highest BCUT2D eigenvalue weighted by molar-refractivity contribution is 5.15. The molecule has 3 nitrogen and oxygen atoms in total. The van der Waals surface area contributed by atoms with Crippen molar-refractivity contribution in [3.8, 4) is 0 Å². The van der Waals surface area contributed by atoms with Gasteiger partial charge in [0.1, 0.15) is 5.82 Å². The normalized spacial score (nSPS) is 21.2. The monoisotopic (exact) mass is 205 g/mol. The summed E-state index contributed by atoms with van der Waals surface area (Å²) in [6.45, 7) is 7.49. The number of rotatable bonds is 2. The topological polar surface area (TPSA) is 37.8 Å². The number of aryl methyl sites for hydroxylation is 1. The molecule has 1 saturated heterocycles. The maximum absolute atomic E-state index is 4.64. The van der Waals surface area contributed by atoms with E-state index in [4.69, 9.17) is 0 Å². The molecule has 0 spiro atoms. The van der Waals surface area contributed by atoms with Gasteiger partial charge in [-0.05, 0) is 38.3 Å². The van der Waals surface area contributed by atoms with E-state index in [1.807, 2.05) is 6.92 Å². The van der Waals surface area contributed by atoms with Gasteiger partial charge in [-0.3, -0.25) is 0 Å². The molecule has 1 unspecified atom stereocenters. The summed E-state index contributed by atoms with van der Waals surface area (Å²) >= 11 is 0. The van der Waals surface area contributed by atoms with Crippen LogP contribution in [0.3, 0.4) is 0 Å². The zero-order valence-electron chi connectivity index (χ0n) is 9.75.